The molecule has 3 aromatic rings. The molecule has 0 unspecified atom stereocenters. The monoisotopic (exact) mass is 398 g/mol. The SMILES string of the molecule is Cc1cc(N)nc(C)c1CNC(=O)c1ccn(S(=O)(=O)c2ccccc2)c1C. The normalized spacial score (nSPS) is 11.4. The molecule has 0 saturated heterocycles. The first-order chi connectivity index (χ1) is 13.2. The highest BCUT2D eigenvalue weighted by Gasteiger charge is 2.22. The summed E-state index contributed by atoms with van der Waals surface area (Å²) >= 11 is 0. The van der Waals surface area contributed by atoms with Crippen molar-refractivity contribution in [1.82, 2.24) is 14.3 Å². The molecule has 8 heteroatoms. The van der Waals surface area contributed by atoms with E-state index in [9.17, 15) is 13.2 Å². The van der Waals surface area contributed by atoms with Gasteiger partial charge in [0.1, 0.15) is 5.82 Å². The summed E-state index contributed by atoms with van der Waals surface area (Å²) < 4.78 is 26.7. The predicted octanol–water partition coefficient (Wildman–Crippen LogP) is 2.56. The first-order valence-corrected chi connectivity index (χ1v) is 10.1. The average Bonchev–Trinajstić information content (AvgIpc) is 3.03. The molecule has 2 heterocycles. The molecule has 28 heavy (non-hydrogen) atoms. The smallest absolute Gasteiger partial charge is 0.267 e. The van der Waals surface area contributed by atoms with Crippen molar-refractivity contribution in [3.63, 3.8) is 0 Å². The average molecular weight is 398 g/mol. The van der Waals surface area contributed by atoms with Crippen LogP contribution < -0.4 is 11.1 Å². The number of nitrogen functional groups attached to an aromatic ring is 1. The number of anilines is 1. The van der Waals surface area contributed by atoms with Crippen LogP contribution in [-0.2, 0) is 16.6 Å². The van der Waals surface area contributed by atoms with Crippen LogP contribution in [-0.4, -0.2) is 23.3 Å². The van der Waals surface area contributed by atoms with Crippen LogP contribution in [0.4, 0.5) is 5.82 Å². The molecule has 0 aliphatic carbocycles. The number of rotatable bonds is 5. The van der Waals surface area contributed by atoms with E-state index in [2.05, 4.69) is 10.3 Å². The van der Waals surface area contributed by atoms with E-state index in [0.29, 0.717) is 17.1 Å². The van der Waals surface area contributed by atoms with Gasteiger partial charge in [0, 0.05) is 24.1 Å². The first kappa shape index (κ1) is 19.6. The lowest BCUT2D eigenvalue weighted by atomic mass is 10.1. The van der Waals surface area contributed by atoms with Crippen molar-refractivity contribution >= 4 is 21.7 Å². The lowest BCUT2D eigenvalue weighted by Crippen LogP contribution is -2.25. The van der Waals surface area contributed by atoms with Crippen LogP contribution in [0.1, 0.15) is 32.9 Å². The van der Waals surface area contributed by atoms with Crippen molar-refractivity contribution in [2.45, 2.75) is 32.2 Å². The molecule has 0 aliphatic rings. The molecule has 0 radical (unpaired) electrons. The second-order valence-corrected chi connectivity index (χ2v) is 8.35. The fraction of sp³-hybridized carbons (Fsp3) is 0.200. The van der Waals surface area contributed by atoms with Crippen LogP contribution in [0.3, 0.4) is 0 Å². The molecule has 0 saturated carbocycles. The first-order valence-electron chi connectivity index (χ1n) is 8.71. The molecule has 146 valence electrons. The summed E-state index contributed by atoms with van der Waals surface area (Å²) in [6.45, 7) is 5.62. The Bertz CT molecular complexity index is 1110. The summed E-state index contributed by atoms with van der Waals surface area (Å²) in [6.07, 6.45) is 1.40. The highest BCUT2D eigenvalue weighted by atomic mass is 32.2. The topological polar surface area (TPSA) is 107 Å². The Labute approximate surface area is 164 Å². The molecule has 0 aliphatic heterocycles. The minimum Gasteiger partial charge on any atom is -0.384 e. The minimum absolute atomic E-state index is 0.167. The van der Waals surface area contributed by atoms with Crippen molar-refractivity contribution in [2.75, 3.05) is 5.73 Å². The van der Waals surface area contributed by atoms with Crippen molar-refractivity contribution in [2.24, 2.45) is 0 Å². The molecule has 7 nitrogen and oxygen atoms in total. The molecule has 0 atom stereocenters. The zero-order valence-electron chi connectivity index (χ0n) is 15.9. The fourth-order valence-corrected chi connectivity index (χ4v) is 4.53. The Morgan fingerprint density at radius 2 is 1.82 bits per heavy atom. The van der Waals surface area contributed by atoms with Gasteiger partial charge in [0.15, 0.2) is 0 Å². The molecule has 3 N–H and O–H groups in total. The predicted molar refractivity (Wildman–Crippen MR) is 107 cm³/mol. The van der Waals surface area contributed by atoms with Gasteiger partial charge in [-0.15, -0.1) is 0 Å². The van der Waals surface area contributed by atoms with E-state index in [1.165, 1.54) is 24.4 Å². The van der Waals surface area contributed by atoms with Crippen LogP contribution in [0.25, 0.3) is 0 Å². The van der Waals surface area contributed by atoms with Crippen LogP contribution in [0.5, 0.6) is 0 Å². The van der Waals surface area contributed by atoms with Crippen LogP contribution in [0.2, 0.25) is 0 Å². The van der Waals surface area contributed by atoms with Gasteiger partial charge in [-0.2, -0.15) is 0 Å². The summed E-state index contributed by atoms with van der Waals surface area (Å²) in [7, 11) is -3.75. The molecular weight excluding hydrogens is 376 g/mol. The highest BCUT2D eigenvalue weighted by molar-refractivity contribution is 7.90. The molecule has 3 rings (SSSR count). The van der Waals surface area contributed by atoms with E-state index in [4.69, 9.17) is 5.73 Å². The third-order valence-corrected chi connectivity index (χ3v) is 6.42. The Kier molecular flexibility index (Phi) is 5.24. The number of pyridine rings is 1. The summed E-state index contributed by atoms with van der Waals surface area (Å²) in [5, 5.41) is 2.83. The van der Waals surface area contributed by atoms with Gasteiger partial charge in [-0.05, 0) is 56.2 Å². The van der Waals surface area contributed by atoms with E-state index in [1.54, 1.807) is 31.2 Å². The number of benzene rings is 1. The van der Waals surface area contributed by atoms with E-state index < -0.39 is 10.0 Å². The number of nitrogens with two attached hydrogens (primary N) is 1. The number of aryl methyl sites for hydroxylation is 2. The van der Waals surface area contributed by atoms with E-state index in [0.717, 1.165) is 20.8 Å². The second-order valence-electron chi connectivity index (χ2n) is 6.54. The van der Waals surface area contributed by atoms with Crippen molar-refractivity contribution in [1.29, 1.82) is 0 Å². The number of amides is 1. The number of hydrogen-bond acceptors (Lipinski definition) is 5. The van der Waals surface area contributed by atoms with E-state index in [-0.39, 0.29) is 17.3 Å². The molecule has 0 bridgehead atoms. The Morgan fingerprint density at radius 3 is 2.46 bits per heavy atom. The van der Waals surface area contributed by atoms with E-state index in [1.807, 2.05) is 13.8 Å². The van der Waals surface area contributed by atoms with Gasteiger partial charge in [0.2, 0.25) is 0 Å². The van der Waals surface area contributed by atoms with Gasteiger partial charge >= 0.3 is 0 Å². The number of nitrogens with zero attached hydrogens (tertiary/aromatic N) is 2. The quantitative estimate of drug-likeness (QED) is 0.687. The summed E-state index contributed by atoms with van der Waals surface area (Å²) in [4.78, 5) is 17.0. The molecule has 1 aromatic carbocycles. The summed E-state index contributed by atoms with van der Waals surface area (Å²) in [6, 6.07) is 11.4. The van der Waals surface area contributed by atoms with Crippen molar-refractivity contribution < 1.29 is 13.2 Å². The third-order valence-electron chi connectivity index (χ3n) is 4.64. The molecule has 0 spiro atoms. The largest absolute Gasteiger partial charge is 0.384 e. The van der Waals surface area contributed by atoms with Gasteiger partial charge in [-0.3, -0.25) is 4.79 Å². The van der Waals surface area contributed by atoms with Crippen molar-refractivity contribution in [3.05, 3.63) is 76.7 Å². The number of aromatic nitrogens is 2. The minimum atomic E-state index is -3.75. The fourth-order valence-electron chi connectivity index (χ4n) is 3.12. The highest BCUT2D eigenvalue weighted by Crippen LogP contribution is 2.20. The zero-order chi connectivity index (χ0) is 20.5. The summed E-state index contributed by atoms with van der Waals surface area (Å²) in [5.41, 5.74) is 8.96. The van der Waals surface area contributed by atoms with Crippen LogP contribution in [0, 0.1) is 20.8 Å². The lowest BCUT2D eigenvalue weighted by molar-refractivity contribution is 0.0950. The number of nitrogens with one attached hydrogen (secondary N) is 1. The number of carbonyl (C=O) groups is 1. The molecule has 1 amide bonds. The Morgan fingerprint density at radius 1 is 1.14 bits per heavy atom. The van der Waals surface area contributed by atoms with Gasteiger partial charge < -0.3 is 11.1 Å². The van der Waals surface area contributed by atoms with Gasteiger partial charge in [0.25, 0.3) is 15.9 Å². The van der Waals surface area contributed by atoms with E-state index >= 15 is 0 Å². The Hall–Kier alpha value is -3.13. The standard InChI is InChI=1S/C20H22N4O3S/c1-13-11-19(21)23-14(2)18(13)12-22-20(25)17-9-10-24(15(17)3)28(26,27)16-7-5-4-6-8-16/h4-11H,12H2,1-3H3,(H2,21,23)(H,22,25). The van der Waals surface area contributed by atoms with Gasteiger partial charge in [0.05, 0.1) is 10.5 Å². The van der Waals surface area contributed by atoms with Crippen LogP contribution >= 0.6 is 0 Å². The third kappa shape index (κ3) is 3.63. The molecule has 0 fully saturated rings. The Balaban J connectivity index is 1.83. The van der Waals surface area contributed by atoms with Gasteiger partial charge in [-0.1, -0.05) is 18.2 Å². The molecular formula is C20H22N4O3S. The summed E-state index contributed by atoms with van der Waals surface area (Å²) in [5.74, 6) is 0.0826. The lowest BCUT2D eigenvalue weighted by Gasteiger charge is -2.12. The maximum Gasteiger partial charge on any atom is 0.267 e. The molecule has 2 aromatic heterocycles. The maximum absolute atomic E-state index is 12.8. The number of hydrogen-bond donors (Lipinski definition) is 2. The van der Waals surface area contributed by atoms with Gasteiger partial charge in [-0.25, -0.2) is 17.4 Å². The van der Waals surface area contributed by atoms with Crippen molar-refractivity contribution in [3.8, 4) is 0 Å². The zero-order valence-corrected chi connectivity index (χ0v) is 16.7. The van der Waals surface area contributed by atoms with Crippen LogP contribution in [0.15, 0.2) is 53.6 Å². The number of carbonyl (C=O) groups excluding carboxylic acids is 1. The maximum atomic E-state index is 12.8. The second kappa shape index (κ2) is 7.47.